The van der Waals surface area contributed by atoms with Crippen molar-refractivity contribution < 1.29 is 9.53 Å². The van der Waals surface area contributed by atoms with Gasteiger partial charge in [0.05, 0.1) is 12.1 Å². The molecule has 1 aliphatic rings. The fourth-order valence-corrected chi connectivity index (χ4v) is 3.01. The number of nitrogens with zero attached hydrogens (tertiary/aromatic N) is 1. The molecule has 1 aliphatic heterocycles. The Kier molecular flexibility index (Phi) is 10.5. The Labute approximate surface area is 143 Å². The predicted molar refractivity (Wildman–Crippen MR) is 96.6 cm³/mol. The van der Waals surface area contributed by atoms with Gasteiger partial charge in [-0.05, 0) is 39.0 Å². The summed E-state index contributed by atoms with van der Waals surface area (Å²) >= 11 is 0. The van der Waals surface area contributed by atoms with Crippen LogP contribution in [0.4, 0.5) is 0 Å². The Morgan fingerprint density at radius 2 is 1.74 bits per heavy atom. The van der Waals surface area contributed by atoms with Gasteiger partial charge in [0, 0.05) is 26.2 Å². The van der Waals surface area contributed by atoms with E-state index in [0.717, 1.165) is 39.1 Å². The normalized spacial score (nSPS) is 18.4. The molecule has 1 rings (SSSR count). The number of hydrogen-bond donors (Lipinski definition) is 1. The lowest BCUT2D eigenvalue weighted by Crippen LogP contribution is -2.57. The average Bonchev–Trinajstić information content (AvgIpc) is 2.45. The van der Waals surface area contributed by atoms with Gasteiger partial charge in [0.2, 0.25) is 5.91 Å². The van der Waals surface area contributed by atoms with Crippen molar-refractivity contribution in [3.8, 4) is 0 Å². The SMILES string of the molecule is CC(C)CN1CCC1C(=O)NCCCCCCCCOC(C)C. The first kappa shape index (κ1) is 20.4. The van der Waals surface area contributed by atoms with Crippen molar-refractivity contribution in [2.45, 2.75) is 84.8 Å². The number of carbonyl (C=O) groups excluding carboxylic acids is 1. The number of nitrogens with one attached hydrogen (secondary N) is 1. The summed E-state index contributed by atoms with van der Waals surface area (Å²) in [7, 11) is 0. The molecule has 0 aromatic rings. The second kappa shape index (κ2) is 11.9. The van der Waals surface area contributed by atoms with Gasteiger partial charge in [-0.15, -0.1) is 0 Å². The van der Waals surface area contributed by atoms with Crippen LogP contribution in [0.5, 0.6) is 0 Å². The van der Waals surface area contributed by atoms with Crippen molar-refractivity contribution in [3.63, 3.8) is 0 Å². The summed E-state index contributed by atoms with van der Waals surface area (Å²) in [6, 6.07) is 0.137. The van der Waals surface area contributed by atoms with Gasteiger partial charge in [-0.1, -0.05) is 39.5 Å². The summed E-state index contributed by atoms with van der Waals surface area (Å²) in [5.41, 5.74) is 0. The fourth-order valence-electron chi connectivity index (χ4n) is 3.01. The number of unbranched alkanes of at least 4 members (excludes halogenated alkanes) is 5. The first-order valence-electron chi connectivity index (χ1n) is 9.64. The summed E-state index contributed by atoms with van der Waals surface area (Å²) in [6.07, 6.45) is 8.66. The molecule has 4 heteroatoms. The van der Waals surface area contributed by atoms with E-state index in [-0.39, 0.29) is 11.9 Å². The van der Waals surface area contributed by atoms with E-state index in [2.05, 4.69) is 37.9 Å². The highest BCUT2D eigenvalue weighted by Crippen LogP contribution is 2.18. The summed E-state index contributed by atoms with van der Waals surface area (Å²) in [5.74, 6) is 0.874. The molecule has 4 nitrogen and oxygen atoms in total. The molecule has 1 unspecified atom stereocenters. The van der Waals surface area contributed by atoms with Gasteiger partial charge < -0.3 is 10.1 Å². The predicted octanol–water partition coefficient (Wildman–Crippen LogP) is 3.60. The number of rotatable bonds is 13. The van der Waals surface area contributed by atoms with Crippen LogP contribution in [0.3, 0.4) is 0 Å². The molecule has 1 saturated heterocycles. The highest BCUT2D eigenvalue weighted by Gasteiger charge is 2.33. The lowest BCUT2D eigenvalue weighted by atomic mass is 10.00. The zero-order valence-electron chi connectivity index (χ0n) is 15.8. The number of carbonyl (C=O) groups is 1. The van der Waals surface area contributed by atoms with E-state index in [1.165, 1.54) is 32.1 Å². The molecule has 0 spiro atoms. The number of amides is 1. The lowest BCUT2D eigenvalue weighted by Gasteiger charge is -2.40. The molecular weight excluding hydrogens is 288 g/mol. The Hall–Kier alpha value is -0.610. The maximum atomic E-state index is 12.1. The molecule has 1 N–H and O–H groups in total. The van der Waals surface area contributed by atoms with E-state index in [9.17, 15) is 4.79 Å². The van der Waals surface area contributed by atoms with Gasteiger partial charge in [0.25, 0.3) is 0 Å². The Morgan fingerprint density at radius 3 is 2.30 bits per heavy atom. The average molecular weight is 327 g/mol. The summed E-state index contributed by atoms with van der Waals surface area (Å²) in [4.78, 5) is 14.4. The van der Waals surface area contributed by atoms with Crippen LogP contribution in [0, 0.1) is 5.92 Å². The minimum atomic E-state index is 0.137. The number of likely N-dealkylation sites (tertiary alicyclic amines) is 1. The van der Waals surface area contributed by atoms with Gasteiger partial charge in [0.15, 0.2) is 0 Å². The monoisotopic (exact) mass is 326 g/mol. The standard InChI is InChI=1S/C19H38N2O2/c1-16(2)15-21-13-11-18(21)19(22)20-12-9-7-5-6-8-10-14-23-17(3)4/h16-18H,5-15H2,1-4H3,(H,20,22). The van der Waals surface area contributed by atoms with Crippen molar-refractivity contribution in [1.29, 1.82) is 0 Å². The first-order chi connectivity index (χ1) is 11.0. The number of hydrogen-bond acceptors (Lipinski definition) is 3. The fraction of sp³-hybridized carbons (Fsp3) is 0.947. The second-order valence-electron chi connectivity index (χ2n) is 7.53. The van der Waals surface area contributed by atoms with E-state index in [4.69, 9.17) is 4.74 Å². The molecule has 0 bridgehead atoms. The zero-order chi connectivity index (χ0) is 17.1. The third kappa shape index (κ3) is 9.31. The molecule has 0 aliphatic carbocycles. The van der Waals surface area contributed by atoms with Crippen LogP contribution in [0.2, 0.25) is 0 Å². The smallest absolute Gasteiger partial charge is 0.237 e. The largest absolute Gasteiger partial charge is 0.379 e. The molecule has 1 fully saturated rings. The molecule has 0 aromatic heterocycles. The maximum Gasteiger partial charge on any atom is 0.237 e. The molecule has 0 radical (unpaired) electrons. The van der Waals surface area contributed by atoms with Crippen LogP contribution in [0.25, 0.3) is 0 Å². The summed E-state index contributed by atoms with van der Waals surface area (Å²) in [5, 5.41) is 3.11. The third-order valence-corrected chi connectivity index (χ3v) is 4.35. The molecule has 1 atom stereocenters. The van der Waals surface area contributed by atoms with Crippen LogP contribution in [-0.4, -0.2) is 49.2 Å². The van der Waals surface area contributed by atoms with Crippen LogP contribution in [0.15, 0.2) is 0 Å². The molecular formula is C19H38N2O2. The van der Waals surface area contributed by atoms with Crippen LogP contribution in [-0.2, 0) is 9.53 Å². The highest BCUT2D eigenvalue weighted by molar-refractivity contribution is 5.82. The number of ether oxygens (including phenoxy) is 1. The molecule has 0 saturated carbocycles. The van der Waals surface area contributed by atoms with Gasteiger partial charge in [0.1, 0.15) is 0 Å². The minimum absolute atomic E-state index is 0.137. The molecule has 0 aromatic carbocycles. The van der Waals surface area contributed by atoms with Crippen molar-refractivity contribution in [2.24, 2.45) is 5.92 Å². The Morgan fingerprint density at radius 1 is 1.09 bits per heavy atom. The Bertz CT molecular complexity index is 318. The van der Waals surface area contributed by atoms with Crippen LogP contribution >= 0.6 is 0 Å². The van der Waals surface area contributed by atoms with Crippen LogP contribution in [0.1, 0.15) is 72.6 Å². The van der Waals surface area contributed by atoms with Crippen molar-refractivity contribution in [3.05, 3.63) is 0 Å². The lowest BCUT2D eigenvalue weighted by molar-refractivity contribution is -0.131. The van der Waals surface area contributed by atoms with E-state index in [0.29, 0.717) is 12.0 Å². The van der Waals surface area contributed by atoms with Gasteiger partial charge >= 0.3 is 0 Å². The van der Waals surface area contributed by atoms with Crippen molar-refractivity contribution >= 4 is 5.91 Å². The molecule has 1 amide bonds. The highest BCUT2D eigenvalue weighted by atomic mass is 16.5. The minimum Gasteiger partial charge on any atom is -0.379 e. The van der Waals surface area contributed by atoms with Gasteiger partial charge in [-0.3, -0.25) is 9.69 Å². The molecule has 1 heterocycles. The maximum absolute atomic E-state index is 12.1. The summed E-state index contributed by atoms with van der Waals surface area (Å²) < 4.78 is 5.53. The first-order valence-corrected chi connectivity index (χ1v) is 9.64. The van der Waals surface area contributed by atoms with Crippen LogP contribution < -0.4 is 5.32 Å². The van der Waals surface area contributed by atoms with Crippen molar-refractivity contribution in [1.82, 2.24) is 10.2 Å². The Balaban J connectivity index is 1.90. The summed E-state index contributed by atoms with van der Waals surface area (Å²) in [6.45, 7) is 12.4. The third-order valence-electron chi connectivity index (χ3n) is 4.35. The second-order valence-corrected chi connectivity index (χ2v) is 7.53. The van der Waals surface area contributed by atoms with E-state index in [1.807, 2.05) is 0 Å². The molecule has 23 heavy (non-hydrogen) atoms. The van der Waals surface area contributed by atoms with E-state index >= 15 is 0 Å². The van der Waals surface area contributed by atoms with Gasteiger partial charge in [-0.2, -0.15) is 0 Å². The van der Waals surface area contributed by atoms with E-state index < -0.39 is 0 Å². The van der Waals surface area contributed by atoms with E-state index in [1.54, 1.807) is 0 Å². The quantitative estimate of drug-likeness (QED) is 0.526. The zero-order valence-corrected chi connectivity index (χ0v) is 15.8. The van der Waals surface area contributed by atoms with Gasteiger partial charge in [-0.25, -0.2) is 0 Å². The topological polar surface area (TPSA) is 41.6 Å². The van der Waals surface area contributed by atoms with Crippen molar-refractivity contribution in [2.75, 3.05) is 26.2 Å². The molecule has 136 valence electrons.